The molecule has 0 unspecified atom stereocenters. The highest BCUT2D eigenvalue weighted by Crippen LogP contribution is 2.06. The number of aromatic nitrogens is 3. The summed E-state index contributed by atoms with van der Waals surface area (Å²) in [7, 11) is 0. The topological polar surface area (TPSA) is 50.2 Å². The monoisotopic (exact) mass is 163 g/mol. The Kier molecular flexibility index (Phi) is 1.30. The molecule has 0 radical (unpaired) electrons. The molecule has 0 fully saturated rings. The Morgan fingerprint density at radius 3 is 2.92 bits per heavy atom. The SMILES string of the molecule is Cc1cc2n[nH]c(=O)n2cc1C. The summed E-state index contributed by atoms with van der Waals surface area (Å²) in [6.45, 7) is 3.96. The third-order valence-electron chi connectivity index (χ3n) is 2.02. The Labute approximate surface area is 68.8 Å². The highest BCUT2D eigenvalue weighted by atomic mass is 16.1. The van der Waals surface area contributed by atoms with Crippen LogP contribution in [-0.2, 0) is 0 Å². The van der Waals surface area contributed by atoms with E-state index in [1.165, 1.54) is 4.40 Å². The number of nitrogens with one attached hydrogen (secondary N) is 1. The molecule has 0 aliphatic heterocycles. The predicted octanol–water partition coefficient (Wildman–Crippen LogP) is 0.639. The van der Waals surface area contributed by atoms with Crippen LogP contribution in [0.4, 0.5) is 0 Å². The van der Waals surface area contributed by atoms with Gasteiger partial charge in [0.05, 0.1) is 0 Å². The van der Waals surface area contributed by atoms with Gasteiger partial charge < -0.3 is 0 Å². The van der Waals surface area contributed by atoms with E-state index in [2.05, 4.69) is 10.2 Å². The maximum absolute atomic E-state index is 11.1. The van der Waals surface area contributed by atoms with E-state index >= 15 is 0 Å². The highest BCUT2D eigenvalue weighted by Gasteiger charge is 2.00. The first-order valence-corrected chi connectivity index (χ1v) is 3.72. The van der Waals surface area contributed by atoms with Crippen LogP contribution in [0.2, 0.25) is 0 Å². The normalized spacial score (nSPS) is 10.8. The molecule has 0 aliphatic rings. The van der Waals surface area contributed by atoms with Gasteiger partial charge in [0.25, 0.3) is 0 Å². The van der Waals surface area contributed by atoms with Crippen molar-refractivity contribution in [3.63, 3.8) is 0 Å². The molecule has 2 aromatic heterocycles. The lowest BCUT2D eigenvalue weighted by atomic mass is 10.2. The molecule has 0 amide bonds. The van der Waals surface area contributed by atoms with Crippen LogP contribution in [0.15, 0.2) is 17.1 Å². The summed E-state index contributed by atoms with van der Waals surface area (Å²) in [4.78, 5) is 11.1. The smallest absolute Gasteiger partial charge is 0.250 e. The second-order valence-corrected chi connectivity index (χ2v) is 2.90. The second-order valence-electron chi connectivity index (χ2n) is 2.90. The van der Waals surface area contributed by atoms with Crippen LogP contribution in [0, 0.1) is 13.8 Å². The van der Waals surface area contributed by atoms with Crippen molar-refractivity contribution in [2.24, 2.45) is 0 Å². The lowest BCUT2D eigenvalue weighted by Gasteiger charge is -1.98. The minimum Gasteiger partial charge on any atom is -0.250 e. The van der Waals surface area contributed by atoms with Gasteiger partial charge >= 0.3 is 5.69 Å². The minimum atomic E-state index is -0.187. The van der Waals surface area contributed by atoms with Crippen molar-refractivity contribution in [1.82, 2.24) is 14.6 Å². The van der Waals surface area contributed by atoms with Gasteiger partial charge in [-0.25, -0.2) is 9.89 Å². The number of aryl methyl sites for hydroxylation is 2. The van der Waals surface area contributed by atoms with Gasteiger partial charge in [0.15, 0.2) is 5.65 Å². The van der Waals surface area contributed by atoms with Crippen LogP contribution in [0.3, 0.4) is 0 Å². The van der Waals surface area contributed by atoms with E-state index in [4.69, 9.17) is 0 Å². The van der Waals surface area contributed by atoms with Crippen LogP contribution < -0.4 is 5.69 Å². The Hall–Kier alpha value is -1.58. The predicted molar refractivity (Wildman–Crippen MR) is 45.3 cm³/mol. The largest absolute Gasteiger partial charge is 0.347 e. The zero-order valence-electron chi connectivity index (χ0n) is 6.96. The fourth-order valence-electron chi connectivity index (χ4n) is 1.15. The molecule has 0 aliphatic carbocycles. The van der Waals surface area contributed by atoms with Gasteiger partial charge in [-0.15, -0.1) is 0 Å². The maximum Gasteiger partial charge on any atom is 0.347 e. The summed E-state index contributed by atoms with van der Waals surface area (Å²) in [5.74, 6) is 0. The number of hydrogen-bond acceptors (Lipinski definition) is 2. The molecule has 0 atom stereocenters. The summed E-state index contributed by atoms with van der Waals surface area (Å²) < 4.78 is 1.50. The molecule has 0 saturated heterocycles. The minimum absolute atomic E-state index is 0.187. The molecule has 0 aromatic carbocycles. The van der Waals surface area contributed by atoms with E-state index in [0.717, 1.165) is 11.1 Å². The molecule has 1 N–H and O–H groups in total. The van der Waals surface area contributed by atoms with Crippen molar-refractivity contribution in [3.8, 4) is 0 Å². The van der Waals surface area contributed by atoms with Gasteiger partial charge in [-0.3, -0.25) is 4.40 Å². The lowest BCUT2D eigenvalue weighted by molar-refractivity contribution is 1.02. The molecule has 62 valence electrons. The summed E-state index contributed by atoms with van der Waals surface area (Å²) in [5, 5.41) is 6.23. The van der Waals surface area contributed by atoms with Crippen LogP contribution >= 0.6 is 0 Å². The molecule has 2 rings (SSSR count). The Morgan fingerprint density at radius 1 is 1.42 bits per heavy atom. The quantitative estimate of drug-likeness (QED) is 0.619. The number of H-pyrrole nitrogens is 1. The third-order valence-corrected chi connectivity index (χ3v) is 2.02. The van der Waals surface area contributed by atoms with Crippen molar-refractivity contribution >= 4 is 5.65 Å². The maximum atomic E-state index is 11.1. The van der Waals surface area contributed by atoms with Crippen LogP contribution in [0.1, 0.15) is 11.1 Å². The molecule has 0 saturated carbocycles. The third kappa shape index (κ3) is 0.845. The molecule has 4 heteroatoms. The van der Waals surface area contributed by atoms with E-state index < -0.39 is 0 Å². The summed E-state index contributed by atoms with van der Waals surface area (Å²) in [6.07, 6.45) is 1.79. The van der Waals surface area contributed by atoms with Gasteiger partial charge in [-0.05, 0) is 31.0 Å². The van der Waals surface area contributed by atoms with Gasteiger partial charge in [-0.2, -0.15) is 5.10 Å². The highest BCUT2D eigenvalue weighted by molar-refractivity contribution is 5.42. The first-order chi connectivity index (χ1) is 5.68. The molecule has 0 spiro atoms. The van der Waals surface area contributed by atoms with E-state index in [1.54, 1.807) is 6.20 Å². The fraction of sp³-hybridized carbons (Fsp3) is 0.250. The van der Waals surface area contributed by atoms with Crippen molar-refractivity contribution in [1.29, 1.82) is 0 Å². The molecule has 4 nitrogen and oxygen atoms in total. The van der Waals surface area contributed by atoms with Gasteiger partial charge in [0, 0.05) is 6.20 Å². The van der Waals surface area contributed by atoms with E-state index in [0.29, 0.717) is 5.65 Å². The summed E-state index contributed by atoms with van der Waals surface area (Å²) >= 11 is 0. The van der Waals surface area contributed by atoms with E-state index in [1.807, 2.05) is 19.9 Å². The molecule has 2 heterocycles. The second kappa shape index (κ2) is 2.20. The number of fused-ring (bicyclic) bond motifs is 1. The average molecular weight is 163 g/mol. The molecule has 0 bridgehead atoms. The average Bonchev–Trinajstić information content (AvgIpc) is 2.35. The number of rotatable bonds is 0. The van der Waals surface area contributed by atoms with Crippen molar-refractivity contribution < 1.29 is 0 Å². The number of nitrogens with zero attached hydrogens (tertiary/aromatic N) is 2. The Balaban J connectivity index is 2.97. The molecular weight excluding hydrogens is 154 g/mol. The van der Waals surface area contributed by atoms with Crippen molar-refractivity contribution in [2.45, 2.75) is 13.8 Å². The molecule has 2 aromatic rings. The zero-order valence-corrected chi connectivity index (χ0v) is 6.96. The number of hydrogen-bond donors (Lipinski definition) is 1. The number of pyridine rings is 1. The summed E-state index contributed by atoms with van der Waals surface area (Å²) in [6, 6.07) is 1.88. The van der Waals surface area contributed by atoms with Gasteiger partial charge in [0.1, 0.15) is 0 Å². The van der Waals surface area contributed by atoms with Crippen LogP contribution in [0.5, 0.6) is 0 Å². The van der Waals surface area contributed by atoms with Crippen LogP contribution in [-0.4, -0.2) is 14.6 Å². The Morgan fingerprint density at radius 2 is 2.17 bits per heavy atom. The number of aromatic amines is 1. The zero-order chi connectivity index (χ0) is 8.72. The standard InChI is InChI=1S/C8H9N3O/c1-5-3-7-9-10-8(12)11(7)4-6(5)2/h3-4H,1-2H3,(H,10,12). The molecule has 12 heavy (non-hydrogen) atoms. The molecular formula is C8H9N3O. The first-order valence-electron chi connectivity index (χ1n) is 3.72. The Bertz CT molecular complexity index is 480. The van der Waals surface area contributed by atoms with Gasteiger partial charge in [0.2, 0.25) is 0 Å². The van der Waals surface area contributed by atoms with Crippen molar-refractivity contribution in [2.75, 3.05) is 0 Å². The van der Waals surface area contributed by atoms with E-state index in [-0.39, 0.29) is 5.69 Å². The fourth-order valence-corrected chi connectivity index (χ4v) is 1.15. The van der Waals surface area contributed by atoms with Crippen LogP contribution in [0.25, 0.3) is 5.65 Å². The van der Waals surface area contributed by atoms with Gasteiger partial charge in [-0.1, -0.05) is 0 Å². The lowest BCUT2D eigenvalue weighted by Crippen LogP contribution is -2.09. The first kappa shape index (κ1) is 7.09. The van der Waals surface area contributed by atoms with Crippen molar-refractivity contribution in [3.05, 3.63) is 33.9 Å². The van der Waals surface area contributed by atoms with E-state index in [9.17, 15) is 4.79 Å². The summed E-state index contributed by atoms with van der Waals surface area (Å²) in [5.41, 5.74) is 2.71.